The molecule has 3 aromatic rings. The van der Waals surface area contributed by atoms with Gasteiger partial charge in [0.05, 0.1) is 17.8 Å². The Morgan fingerprint density at radius 1 is 1.28 bits per heavy atom. The summed E-state index contributed by atoms with van der Waals surface area (Å²) in [6, 6.07) is 14.9. The van der Waals surface area contributed by atoms with Crippen LogP contribution in [0.25, 0.3) is 11.1 Å². The molecule has 8 heteroatoms. The Bertz CT molecular complexity index is 1030. The van der Waals surface area contributed by atoms with Crippen LogP contribution in [0.3, 0.4) is 0 Å². The summed E-state index contributed by atoms with van der Waals surface area (Å²) < 4.78 is 15.3. The van der Waals surface area contributed by atoms with Crippen molar-refractivity contribution in [2.75, 3.05) is 17.8 Å². The molecule has 1 N–H and O–H groups in total. The van der Waals surface area contributed by atoms with E-state index in [1.807, 2.05) is 36.4 Å². The van der Waals surface area contributed by atoms with Gasteiger partial charge in [0.25, 0.3) is 5.91 Å². The van der Waals surface area contributed by atoms with Crippen molar-refractivity contribution in [3.8, 4) is 11.1 Å². The standard InChI is InChI=1S/C21H20ClFN4O2/c1-14-19(20(23)27(2)26-14)21(28)25-18-6-4-3-5-17(18)16-9-7-15(8-10-16)13-24-29-12-11-22/h3-10,13H,11-12H2,1-2H3,(H,25,28). The zero-order chi connectivity index (χ0) is 20.8. The molecule has 29 heavy (non-hydrogen) atoms. The van der Waals surface area contributed by atoms with E-state index in [1.54, 1.807) is 25.3 Å². The molecule has 0 aliphatic heterocycles. The van der Waals surface area contributed by atoms with E-state index in [0.29, 0.717) is 23.9 Å². The highest BCUT2D eigenvalue weighted by molar-refractivity contribution is 6.18. The fourth-order valence-corrected chi connectivity index (χ4v) is 2.92. The quantitative estimate of drug-likeness (QED) is 0.270. The molecule has 0 atom stereocenters. The van der Waals surface area contributed by atoms with E-state index in [9.17, 15) is 9.18 Å². The first-order chi connectivity index (χ1) is 14.0. The number of oxime groups is 1. The van der Waals surface area contributed by atoms with Crippen LogP contribution in [0.2, 0.25) is 0 Å². The van der Waals surface area contributed by atoms with E-state index in [-0.39, 0.29) is 5.56 Å². The second kappa shape index (κ2) is 9.34. The highest BCUT2D eigenvalue weighted by Crippen LogP contribution is 2.28. The largest absolute Gasteiger partial charge is 0.395 e. The molecule has 3 rings (SSSR count). The van der Waals surface area contributed by atoms with E-state index in [2.05, 4.69) is 15.6 Å². The van der Waals surface area contributed by atoms with Crippen LogP contribution in [0.1, 0.15) is 21.6 Å². The molecule has 6 nitrogen and oxygen atoms in total. The average molecular weight is 415 g/mol. The van der Waals surface area contributed by atoms with Gasteiger partial charge in [-0.15, -0.1) is 11.6 Å². The molecule has 0 fully saturated rings. The first-order valence-electron chi connectivity index (χ1n) is 8.92. The number of carbonyl (C=O) groups is 1. The number of hydrogen-bond acceptors (Lipinski definition) is 4. The van der Waals surface area contributed by atoms with E-state index >= 15 is 0 Å². The van der Waals surface area contributed by atoms with Crippen LogP contribution in [-0.2, 0) is 11.9 Å². The number of benzene rings is 2. The normalized spacial score (nSPS) is 11.0. The number of hydrogen-bond donors (Lipinski definition) is 1. The third kappa shape index (κ3) is 4.81. The molecule has 1 amide bonds. The number of para-hydroxylation sites is 1. The maximum atomic E-state index is 14.2. The Hall–Kier alpha value is -3.19. The van der Waals surface area contributed by atoms with Gasteiger partial charge in [-0.05, 0) is 24.1 Å². The molecule has 0 saturated heterocycles. The number of nitrogens with zero attached hydrogens (tertiary/aromatic N) is 3. The average Bonchev–Trinajstić information content (AvgIpc) is 2.98. The molecular weight excluding hydrogens is 395 g/mol. The molecule has 2 aromatic carbocycles. The molecule has 0 radical (unpaired) electrons. The maximum Gasteiger partial charge on any atom is 0.262 e. The number of nitrogens with one attached hydrogen (secondary N) is 1. The predicted molar refractivity (Wildman–Crippen MR) is 112 cm³/mol. The molecule has 0 unspecified atom stereocenters. The molecule has 1 aromatic heterocycles. The Morgan fingerprint density at radius 2 is 2.00 bits per heavy atom. The number of aryl methyl sites for hydroxylation is 2. The molecule has 0 saturated carbocycles. The second-order valence-electron chi connectivity index (χ2n) is 6.25. The number of aromatic nitrogens is 2. The van der Waals surface area contributed by atoms with Gasteiger partial charge in [0.15, 0.2) is 0 Å². The summed E-state index contributed by atoms with van der Waals surface area (Å²) in [7, 11) is 1.46. The van der Waals surface area contributed by atoms with Crippen molar-refractivity contribution >= 4 is 29.4 Å². The van der Waals surface area contributed by atoms with Gasteiger partial charge in [0, 0.05) is 18.3 Å². The van der Waals surface area contributed by atoms with Gasteiger partial charge in [-0.3, -0.25) is 4.79 Å². The highest BCUT2D eigenvalue weighted by atomic mass is 35.5. The number of amides is 1. The molecule has 0 bridgehead atoms. The fourth-order valence-electron chi connectivity index (χ4n) is 2.85. The molecule has 150 valence electrons. The van der Waals surface area contributed by atoms with Crippen LogP contribution in [0.5, 0.6) is 0 Å². The van der Waals surface area contributed by atoms with Crippen molar-refractivity contribution in [1.82, 2.24) is 9.78 Å². The van der Waals surface area contributed by atoms with Crippen molar-refractivity contribution < 1.29 is 14.0 Å². The topological polar surface area (TPSA) is 68.5 Å². The van der Waals surface area contributed by atoms with Gasteiger partial charge < -0.3 is 10.2 Å². The smallest absolute Gasteiger partial charge is 0.262 e. The van der Waals surface area contributed by atoms with Gasteiger partial charge in [0.1, 0.15) is 12.2 Å². The SMILES string of the molecule is Cc1nn(C)c(F)c1C(=O)Nc1ccccc1-c1ccc(C=NOCCCl)cc1. The summed E-state index contributed by atoms with van der Waals surface area (Å²) in [5, 5.41) is 10.6. The second-order valence-corrected chi connectivity index (χ2v) is 6.63. The first kappa shape index (κ1) is 20.5. The number of alkyl halides is 1. The van der Waals surface area contributed by atoms with Crippen molar-refractivity contribution in [1.29, 1.82) is 0 Å². The van der Waals surface area contributed by atoms with Gasteiger partial charge in [-0.1, -0.05) is 47.6 Å². The van der Waals surface area contributed by atoms with Crippen LogP contribution in [0.15, 0.2) is 53.7 Å². The Labute approximate surface area is 172 Å². The van der Waals surface area contributed by atoms with Crippen molar-refractivity contribution in [2.24, 2.45) is 12.2 Å². The summed E-state index contributed by atoms with van der Waals surface area (Å²) in [5.41, 5.74) is 3.41. The van der Waals surface area contributed by atoms with Crippen LogP contribution in [0, 0.1) is 12.9 Å². The van der Waals surface area contributed by atoms with Gasteiger partial charge in [-0.2, -0.15) is 9.49 Å². The number of rotatable bonds is 7. The molecule has 0 aliphatic rings. The van der Waals surface area contributed by atoms with Gasteiger partial charge in [-0.25, -0.2) is 4.68 Å². The van der Waals surface area contributed by atoms with Crippen molar-refractivity contribution in [3.05, 3.63) is 71.3 Å². The number of anilines is 1. The molecule has 1 heterocycles. The van der Waals surface area contributed by atoms with Crippen LogP contribution < -0.4 is 5.32 Å². The first-order valence-corrected chi connectivity index (χ1v) is 9.46. The lowest BCUT2D eigenvalue weighted by molar-refractivity contribution is 0.102. The van der Waals surface area contributed by atoms with Crippen LogP contribution in [-0.4, -0.2) is 34.4 Å². The zero-order valence-corrected chi connectivity index (χ0v) is 16.8. The molecular formula is C21H20ClFN4O2. The van der Waals surface area contributed by atoms with E-state index in [1.165, 1.54) is 7.05 Å². The third-order valence-corrected chi connectivity index (χ3v) is 4.38. The van der Waals surface area contributed by atoms with E-state index in [4.69, 9.17) is 16.4 Å². The summed E-state index contributed by atoms with van der Waals surface area (Å²) in [4.78, 5) is 17.6. The fraction of sp³-hybridized carbons (Fsp3) is 0.190. The highest BCUT2D eigenvalue weighted by Gasteiger charge is 2.21. The van der Waals surface area contributed by atoms with Gasteiger partial charge in [0.2, 0.25) is 5.95 Å². The lowest BCUT2D eigenvalue weighted by Gasteiger charge is -2.11. The monoisotopic (exact) mass is 414 g/mol. The minimum atomic E-state index is -0.669. The minimum Gasteiger partial charge on any atom is -0.395 e. The van der Waals surface area contributed by atoms with E-state index < -0.39 is 11.9 Å². The molecule has 0 spiro atoms. The summed E-state index contributed by atoms with van der Waals surface area (Å²) in [6.45, 7) is 1.95. The third-order valence-electron chi connectivity index (χ3n) is 4.22. The molecule has 0 aliphatic carbocycles. The van der Waals surface area contributed by atoms with Crippen molar-refractivity contribution in [2.45, 2.75) is 6.92 Å². The summed E-state index contributed by atoms with van der Waals surface area (Å²) in [6.07, 6.45) is 1.60. The zero-order valence-electron chi connectivity index (χ0n) is 16.0. The van der Waals surface area contributed by atoms with Crippen LogP contribution >= 0.6 is 11.6 Å². The minimum absolute atomic E-state index is 0.0641. The Kier molecular flexibility index (Phi) is 6.61. The Morgan fingerprint density at radius 3 is 2.66 bits per heavy atom. The number of carbonyl (C=O) groups excluding carboxylic acids is 1. The number of halogens is 2. The van der Waals surface area contributed by atoms with Gasteiger partial charge >= 0.3 is 0 Å². The summed E-state index contributed by atoms with van der Waals surface area (Å²) >= 11 is 5.53. The Balaban J connectivity index is 1.82. The maximum absolute atomic E-state index is 14.2. The van der Waals surface area contributed by atoms with Crippen molar-refractivity contribution in [3.63, 3.8) is 0 Å². The lowest BCUT2D eigenvalue weighted by atomic mass is 10.0. The lowest BCUT2D eigenvalue weighted by Crippen LogP contribution is -2.15. The van der Waals surface area contributed by atoms with E-state index in [0.717, 1.165) is 21.4 Å². The summed E-state index contributed by atoms with van der Waals surface area (Å²) in [5.74, 6) is -0.834. The van der Waals surface area contributed by atoms with Crippen LogP contribution in [0.4, 0.5) is 10.1 Å². The predicted octanol–water partition coefficient (Wildman–Crippen LogP) is 4.38.